The van der Waals surface area contributed by atoms with Crippen molar-refractivity contribution in [2.75, 3.05) is 69.9 Å². The maximum atomic E-state index is 14.2. The number of halogens is 2. The van der Waals surface area contributed by atoms with Crippen LogP contribution < -0.4 is 21.2 Å². The first kappa shape index (κ1) is 42.5. The number of imidazole rings is 1. The minimum Gasteiger partial charge on any atom is -0.381 e. The number of anilines is 2. The molecule has 2 amide bonds. The van der Waals surface area contributed by atoms with E-state index >= 15 is 0 Å². The first-order valence-electron chi connectivity index (χ1n) is 21.3. The van der Waals surface area contributed by atoms with Gasteiger partial charge in [0.05, 0.1) is 48.2 Å². The minimum absolute atomic E-state index is 0.0124. The summed E-state index contributed by atoms with van der Waals surface area (Å²) in [6.45, 7) is 5.57. The molecule has 61 heavy (non-hydrogen) atoms. The van der Waals surface area contributed by atoms with Gasteiger partial charge in [-0.2, -0.15) is 10.2 Å². The summed E-state index contributed by atoms with van der Waals surface area (Å²) in [7, 11) is 3.86. The van der Waals surface area contributed by atoms with Gasteiger partial charge in [0.1, 0.15) is 17.6 Å². The number of piperidine rings is 1. The zero-order valence-corrected chi connectivity index (χ0v) is 34.7. The van der Waals surface area contributed by atoms with E-state index in [4.69, 9.17) is 9.47 Å². The van der Waals surface area contributed by atoms with Gasteiger partial charge in [0.2, 0.25) is 5.91 Å². The van der Waals surface area contributed by atoms with Crippen LogP contribution in [-0.2, 0) is 27.7 Å². The maximum absolute atomic E-state index is 14.2. The molecule has 3 N–H and O–H groups in total. The van der Waals surface area contributed by atoms with E-state index in [1.54, 1.807) is 27.1 Å². The monoisotopic (exact) mass is 847 g/mol. The first-order valence-corrected chi connectivity index (χ1v) is 21.3. The SMILES string of the molecule is CN(CCCOCCCc1cccc2c1n(C)c(=O)n2C1CCC(=O)NC1O)CC1CCC(n2cc(NC(=O)c3cnn4ccc(N5CCOCC5)nc34)c(C(F)F)n2)CC1. The van der Waals surface area contributed by atoms with Crippen molar-refractivity contribution in [3.8, 4) is 0 Å². The largest absolute Gasteiger partial charge is 0.381 e. The van der Waals surface area contributed by atoms with Crippen LogP contribution in [0.5, 0.6) is 0 Å². The van der Waals surface area contributed by atoms with Gasteiger partial charge in [-0.05, 0) is 82.0 Å². The molecule has 2 atom stereocenters. The van der Waals surface area contributed by atoms with Crippen LogP contribution in [0.3, 0.4) is 0 Å². The van der Waals surface area contributed by atoms with E-state index in [1.165, 1.54) is 16.9 Å². The van der Waals surface area contributed by atoms with Crippen LogP contribution in [0.15, 0.2) is 47.7 Å². The molecule has 2 aliphatic heterocycles. The van der Waals surface area contributed by atoms with Gasteiger partial charge in [-0.25, -0.2) is 23.1 Å². The summed E-state index contributed by atoms with van der Waals surface area (Å²) in [4.78, 5) is 47.5. The van der Waals surface area contributed by atoms with Gasteiger partial charge in [-0.15, -0.1) is 0 Å². The quantitative estimate of drug-likeness (QED) is 0.122. The number of aliphatic hydroxyl groups excluding tert-OH is 1. The molecule has 19 heteroatoms. The molecule has 0 spiro atoms. The van der Waals surface area contributed by atoms with Crippen LogP contribution in [0.1, 0.15) is 91.5 Å². The predicted octanol–water partition coefficient (Wildman–Crippen LogP) is 4.08. The number of amides is 2. The smallest absolute Gasteiger partial charge is 0.329 e. The van der Waals surface area contributed by atoms with E-state index in [9.17, 15) is 28.3 Å². The molecule has 0 radical (unpaired) electrons. The van der Waals surface area contributed by atoms with Crippen molar-refractivity contribution < 1.29 is 33.0 Å². The van der Waals surface area contributed by atoms with Gasteiger partial charge in [0, 0.05) is 65.3 Å². The van der Waals surface area contributed by atoms with Crippen molar-refractivity contribution in [1.82, 2.24) is 43.7 Å². The number of morpholine rings is 1. The van der Waals surface area contributed by atoms with Gasteiger partial charge >= 0.3 is 5.69 Å². The topological polar surface area (TPSA) is 178 Å². The average molecular weight is 848 g/mol. The van der Waals surface area contributed by atoms with Crippen molar-refractivity contribution in [1.29, 1.82) is 0 Å². The number of carbonyl (C=O) groups excluding carboxylic acids is 2. The number of hydrogen-bond acceptors (Lipinski definition) is 11. The Morgan fingerprint density at radius 2 is 1.89 bits per heavy atom. The lowest BCUT2D eigenvalue weighted by atomic mass is 9.86. The number of ether oxygens (including phenoxy) is 2. The summed E-state index contributed by atoms with van der Waals surface area (Å²) in [6, 6.07) is 7.09. The second-order valence-corrected chi connectivity index (χ2v) is 16.5. The van der Waals surface area contributed by atoms with E-state index in [-0.39, 0.29) is 35.3 Å². The zero-order chi connectivity index (χ0) is 42.6. The fourth-order valence-corrected chi connectivity index (χ4v) is 9.14. The lowest BCUT2D eigenvalue weighted by molar-refractivity contribution is -0.128. The molecule has 328 valence electrons. The summed E-state index contributed by atoms with van der Waals surface area (Å²) >= 11 is 0. The normalized spacial score (nSPS) is 21.2. The third kappa shape index (κ3) is 9.34. The third-order valence-electron chi connectivity index (χ3n) is 12.3. The second kappa shape index (κ2) is 18.8. The summed E-state index contributed by atoms with van der Waals surface area (Å²) in [5.41, 5.74) is 2.45. The molecule has 4 aromatic heterocycles. The number of carbonyl (C=O) groups is 2. The van der Waals surface area contributed by atoms with E-state index in [2.05, 4.69) is 42.7 Å². The van der Waals surface area contributed by atoms with Crippen LogP contribution >= 0.6 is 0 Å². The summed E-state index contributed by atoms with van der Waals surface area (Å²) in [6.07, 6.45) is 7.22. The lowest BCUT2D eigenvalue weighted by Crippen LogP contribution is -2.47. The second-order valence-electron chi connectivity index (χ2n) is 16.5. The number of aryl methyl sites for hydroxylation is 2. The number of rotatable bonds is 16. The Bertz CT molecular complexity index is 2380. The highest BCUT2D eigenvalue weighted by Crippen LogP contribution is 2.35. The van der Waals surface area contributed by atoms with Crippen LogP contribution in [-0.4, -0.2) is 121 Å². The standard InChI is InChI=1S/C42H55F2N11O6/c1-50(16-5-21-60-20-4-7-28-6-3-8-32-37(28)51(2)42(59)55(32)33-13-14-35(56)48-41(33)58)25-27-9-11-29(12-10-27)54-26-31(36(49-54)38(43)44)46-40(57)30-24-45-53-17-15-34(47-39(30)53)52-18-22-61-23-19-52/h3,6,8,15,17,24,26-27,29,33,38,41,58H,4-5,7,9-14,16,18-23,25H2,1-2H3,(H,46,57)(H,48,56). The van der Waals surface area contributed by atoms with Crippen LogP contribution in [0.25, 0.3) is 16.7 Å². The Morgan fingerprint density at radius 3 is 2.66 bits per heavy atom. The van der Waals surface area contributed by atoms with Gasteiger partial charge in [-0.3, -0.25) is 23.4 Å². The fraction of sp³-hybridized carbons (Fsp3) is 0.571. The molecule has 3 aliphatic rings. The number of alkyl halides is 2. The number of nitrogens with zero attached hydrogens (tertiary/aromatic N) is 9. The lowest BCUT2D eigenvalue weighted by Gasteiger charge is -2.31. The van der Waals surface area contributed by atoms with E-state index in [0.29, 0.717) is 63.3 Å². The molecule has 2 unspecified atom stereocenters. The third-order valence-corrected chi connectivity index (χ3v) is 12.3. The summed E-state index contributed by atoms with van der Waals surface area (Å²) < 4.78 is 46.2. The Hall–Kier alpha value is -5.24. The molecule has 3 fully saturated rings. The number of aliphatic hydroxyl groups is 1. The Labute approximate surface area is 351 Å². The van der Waals surface area contributed by atoms with Crippen LogP contribution in [0.2, 0.25) is 0 Å². The summed E-state index contributed by atoms with van der Waals surface area (Å²) in [5.74, 6) is 0.374. The Balaban J connectivity index is 0.768. The molecule has 1 aromatic carbocycles. The molecule has 1 saturated carbocycles. The predicted molar refractivity (Wildman–Crippen MR) is 223 cm³/mol. The van der Waals surface area contributed by atoms with Crippen molar-refractivity contribution in [2.24, 2.45) is 13.0 Å². The van der Waals surface area contributed by atoms with Gasteiger partial charge in [-0.1, -0.05) is 12.1 Å². The molecule has 6 heterocycles. The highest BCUT2D eigenvalue weighted by atomic mass is 19.3. The highest BCUT2D eigenvalue weighted by molar-refractivity contribution is 6.08. The van der Waals surface area contributed by atoms with E-state index < -0.39 is 30.3 Å². The average Bonchev–Trinajstić information content (AvgIpc) is 3.95. The van der Waals surface area contributed by atoms with Crippen molar-refractivity contribution >= 4 is 40.0 Å². The number of fused-ring (bicyclic) bond motifs is 2. The zero-order valence-electron chi connectivity index (χ0n) is 34.7. The molecular weight excluding hydrogens is 793 g/mol. The Morgan fingerprint density at radius 1 is 1.10 bits per heavy atom. The van der Waals surface area contributed by atoms with Gasteiger partial charge in [0.25, 0.3) is 12.3 Å². The number of nitrogens with one attached hydrogen (secondary N) is 2. The fourth-order valence-electron chi connectivity index (χ4n) is 9.14. The van der Waals surface area contributed by atoms with E-state index in [0.717, 1.165) is 74.6 Å². The van der Waals surface area contributed by atoms with Crippen molar-refractivity contribution in [3.63, 3.8) is 0 Å². The molecule has 1 aliphatic carbocycles. The molecular formula is C42H55F2N11O6. The molecule has 2 saturated heterocycles. The number of hydrogen-bond donors (Lipinski definition) is 3. The minimum atomic E-state index is -2.86. The van der Waals surface area contributed by atoms with Crippen LogP contribution in [0.4, 0.5) is 20.3 Å². The number of benzene rings is 1. The molecule has 8 rings (SSSR count). The van der Waals surface area contributed by atoms with Crippen LogP contribution in [0, 0.1) is 5.92 Å². The van der Waals surface area contributed by atoms with Gasteiger partial charge in [0.15, 0.2) is 11.3 Å². The molecule has 5 aromatic rings. The highest BCUT2D eigenvalue weighted by Gasteiger charge is 2.32. The maximum Gasteiger partial charge on any atom is 0.329 e. The van der Waals surface area contributed by atoms with Crippen molar-refractivity contribution in [3.05, 3.63) is 70.2 Å². The van der Waals surface area contributed by atoms with E-state index in [1.807, 2.05) is 24.3 Å². The number of para-hydroxylation sites is 1. The van der Waals surface area contributed by atoms with Gasteiger partial charge < -0.3 is 35.0 Å². The molecule has 17 nitrogen and oxygen atoms in total. The first-order chi connectivity index (χ1) is 29.5. The van der Waals surface area contributed by atoms with Crippen molar-refractivity contribution in [2.45, 2.75) is 82.5 Å². The Kier molecular flexibility index (Phi) is 13.1. The number of aromatic nitrogens is 7. The summed E-state index contributed by atoms with van der Waals surface area (Å²) in [5, 5.41) is 24.2. The molecule has 0 bridgehead atoms.